The largest absolute Gasteiger partial charge is 0.194 e. The van der Waals surface area contributed by atoms with E-state index in [1.54, 1.807) is 0 Å². The zero-order chi connectivity index (χ0) is 12.5. The molecule has 0 heterocycles. The van der Waals surface area contributed by atoms with E-state index < -0.39 is 0 Å². The van der Waals surface area contributed by atoms with E-state index in [2.05, 4.69) is 42.2 Å². The van der Waals surface area contributed by atoms with E-state index in [4.69, 9.17) is 12.2 Å². The molecule has 0 N–H and O–H groups in total. The van der Waals surface area contributed by atoms with Crippen molar-refractivity contribution in [3.8, 4) is 0 Å². The lowest BCUT2D eigenvalue weighted by Crippen LogP contribution is -1.91. The lowest BCUT2D eigenvalue weighted by Gasteiger charge is -2.07. The molecular weight excluding hydrogens is 226 g/mol. The highest BCUT2D eigenvalue weighted by Gasteiger charge is 2.03. The lowest BCUT2D eigenvalue weighted by atomic mass is 10.0. The average Bonchev–Trinajstić information content (AvgIpc) is 2.36. The summed E-state index contributed by atoms with van der Waals surface area (Å²) in [7, 11) is 0. The van der Waals surface area contributed by atoms with Crippen LogP contribution in [0.2, 0.25) is 0 Å². The van der Waals surface area contributed by atoms with Crippen LogP contribution in [-0.4, -0.2) is 5.16 Å². The van der Waals surface area contributed by atoms with E-state index in [-0.39, 0.29) is 0 Å². The minimum Gasteiger partial charge on any atom is -0.194 e. The van der Waals surface area contributed by atoms with Gasteiger partial charge < -0.3 is 0 Å². The number of hydrogen-bond donors (Lipinski definition) is 0. The zero-order valence-corrected chi connectivity index (χ0v) is 11.6. The van der Waals surface area contributed by atoms with Gasteiger partial charge in [-0.3, -0.25) is 0 Å². The molecule has 0 aliphatic carbocycles. The van der Waals surface area contributed by atoms with Crippen molar-refractivity contribution in [2.75, 3.05) is 0 Å². The van der Waals surface area contributed by atoms with Crippen LogP contribution in [0.3, 0.4) is 0 Å². The molecule has 17 heavy (non-hydrogen) atoms. The molecule has 0 fully saturated rings. The van der Waals surface area contributed by atoms with Crippen LogP contribution in [-0.2, 0) is 12.8 Å². The molecule has 0 aliphatic rings. The number of isothiocyanates is 1. The molecule has 1 aromatic carbocycles. The Bertz CT molecular complexity index is 392. The maximum Gasteiger partial charge on any atom is 0.0771 e. The fourth-order valence-electron chi connectivity index (χ4n) is 1.90. The molecule has 0 aliphatic heterocycles. The summed E-state index contributed by atoms with van der Waals surface area (Å²) >= 11 is 4.69. The van der Waals surface area contributed by atoms with Gasteiger partial charge in [0.15, 0.2) is 0 Å². The number of thiocarbonyl (C=S) groups is 1. The van der Waals surface area contributed by atoms with Crippen molar-refractivity contribution in [1.29, 1.82) is 0 Å². The third kappa shape index (κ3) is 4.80. The Morgan fingerprint density at radius 3 is 2.47 bits per heavy atom. The second-order valence-electron chi connectivity index (χ2n) is 4.37. The van der Waals surface area contributed by atoms with Gasteiger partial charge in [-0.2, -0.15) is 4.99 Å². The van der Waals surface area contributed by atoms with Gasteiger partial charge in [0.2, 0.25) is 0 Å². The first-order chi connectivity index (χ1) is 8.31. The maximum atomic E-state index is 4.69. The topological polar surface area (TPSA) is 12.4 Å². The highest BCUT2D eigenvalue weighted by Crippen LogP contribution is 2.23. The van der Waals surface area contributed by atoms with Crippen molar-refractivity contribution in [2.45, 2.75) is 52.4 Å². The van der Waals surface area contributed by atoms with Crippen molar-refractivity contribution < 1.29 is 0 Å². The summed E-state index contributed by atoms with van der Waals surface area (Å²) in [5, 5.41) is 2.47. The van der Waals surface area contributed by atoms with Crippen LogP contribution < -0.4 is 0 Å². The van der Waals surface area contributed by atoms with Gasteiger partial charge in [0.05, 0.1) is 10.8 Å². The summed E-state index contributed by atoms with van der Waals surface area (Å²) in [6.45, 7) is 4.44. The van der Waals surface area contributed by atoms with Crippen molar-refractivity contribution in [3.63, 3.8) is 0 Å². The monoisotopic (exact) mass is 247 g/mol. The molecule has 0 unspecified atom stereocenters. The van der Waals surface area contributed by atoms with E-state index in [1.807, 2.05) is 0 Å². The fraction of sp³-hybridized carbons (Fsp3) is 0.533. The number of unbranched alkanes of at least 4 members (excludes halogenated alkanes) is 2. The minimum atomic E-state index is 0.994. The molecular formula is C15H21NS. The Morgan fingerprint density at radius 1 is 1.12 bits per heavy atom. The van der Waals surface area contributed by atoms with Gasteiger partial charge in [-0.25, -0.2) is 0 Å². The van der Waals surface area contributed by atoms with Crippen LogP contribution in [0.1, 0.15) is 50.7 Å². The third-order valence-corrected chi connectivity index (χ3v) is 3.02. The van der Waals surface area contributed by atoms with Crippen LogP contribution in [0.5, 0.6) is 0 Å². The highest BCUT2D eigenvalue weighted by atomic mass is 32.1. The molecule has 0 bridgehead atoms. The first-order valence-corrected chi connectivity index (χ1v) is 6.92. The Balaban J connectivity index is 2.88. The molecule has 1 aromatic rings. The van der Waals surface area contributed by atoms with Gasteiger partial charge >= 0.3 is 0 Å². The van der Waals surface area contributed by atoms with Gasteiger partial charge in [-0.05, 0) is 55.1 Å². The summed E-state index contributed by atoms with van der Waals surface area (Å²) in [6.07, 6.45) is 7.16. The van der Waals surface area contributed by atoms with Crippen molar-refractivity contribution in [1.82, 2.24) is 0 Å². The first kappa shape index (κ1) is 14.1. The normalized spacial score (nSPS) is 10.0. The van der Waals surface area contributed by atoms with E-state index in [9.17, 15) is 0 Å². The fourth-order valence-corrected chi connectivity index (χ4v) is 2.00. The number of benzene rings is 1. The number of hydrogen-bond acceptors (Lipinski definition) is 2. The van der Waals surface area contributed by atoms with E-state index >= 15 is 0 Å². The molecule has 0 radical (unpaired) electrons. The van der Waals surface area contributed by atoms with Gasteiger partial charge in [0.1, 0.15) is 0 Å². The van der Waals surface area contributed by atoms with Crippen LogP contribution >= 0.6 is 12.2 Å². The maximum absolute atomic E-state index is 4.69. The third-order valence-electron chi connectivity index (χ3n) is 2.93. The lowest BCUT2D eigenvalue weighted by molar-refractivity contribution is 0.781. The number of aliphatic imine (C=N–C) groups is 1. The molecule has 0 saturated heterocycles. The van der Waals surface area contributed by atoms with Crippen molar-refractivity contribution in [2.24, 2.45) is 4.99 Å². The SMILES string of the molecule is CCCCc1ccc(N=C=S)c(CCCC)c1. The molecule has 1 rings (SSSR count). The van der Waals surface area contributed by atoms with E-state index in [0.29, 0.717) is 0 Å². The van der Waals surface area contributed by atoms with E-state index in [0.717, 1.165) is 18.5 Å². The van der Waals surface area contributed by atoms with Gasteiger partial charge in [-0.15, -0.1) is 0 Å². The summed E-state index contributed by atoms with van der Waals surface area (Å²) < 4.78 is 0. The Morgan fingerprint density at radius 2 is 1.82 bits per heavy atom. The van der Waals surface area contributed by atoms with Gasteiger partial charge in [0.25, 0.3) is 0 Å². The standard InChI is InChI=1S/C15H21NS/c1-3-5-7-13-9-10-15(16-12-17)14(11-13)8-6-4-2/h9-11H,3-8H2,1-2H3. The molecule has 92 valence electrons. The average molecular weight is 247 g/mol. The summed E-state index contributed by atoms with van der Waals surface area (Å²) in [6, 6.07) is 6.53. The molecule has 1 nitrogen and oxygen atoms in total. The smallest absolute Gasteiger partial charge is 0.0771 e. The highest BCUT2D eigenvalue weighted by molar-refractivity contribution is 7.78. The van der Waals surface area contributed by atoms with Crippen LogP contribution in [0, 0.1) is 0 Å². The van der Waals surface area contributed by atoms with Crippen molar-refractivity contribution in [3.05, 3.63) is 29.3 Å². The molecule has 0 atom stereocenters. The van der Waals surface area contributed by atoms with Crippen LogP contribution in [0.4, 0.5) is 5.69 Å². The molecule has 2 heteroatoms. The first-order valence-electron chi connectivity index (χ1n) is 6.51. The Hall–Kier alpha value is -0.980. The van der Waals surface area contributed by atoms with Crippen LogP contribution in [0.25, 0.3) is 0 Å². The summed E-state index contributed by atoms with van der Waals surface area (Å²) in [5.41, 5.74) is 3.73. The number of aryl methyl sites for hydroxylation is 2. The molecule has 0 saturated carbocycles. The number of nitrogens with zero attached hydrogens (tertiary/aromatic N) is 1. The second kappa shape index (κ2) is 8.16. The Kier molecular flexibility index (Phi) is 6.76. The molecule has 0 amide bonds. The minimum absolute atomic E-state index is 0.994. The van der Waals surface area contributed by atoms with Gasteiger partial charge in [-0.1, -0.05) is 38.8 Å². The van der Waals surface area contributed by atoms with Gasteiger partial charge in [0, 0.05) is 0 Å². The molecule has 0 aromatic heterocycles. The predicted octanol–water partition coefficient (Wildman–Crippen LogP) is 5.11. The summed E-state index contributed by atoms with van der Waals surface area (Å²) in [5.74, 6) is 0. The van der Waals surface area contributed by atoms with Crippen LogP contribution in [0.15, 0.2) is 23.2 Å². The number of rotatable bonds is 7. The predicted molar refractivity (Wildman–Crippen MR) is 78.4 cm³/mol. The summed E-state index contributed by atoms with van der Waals surface area (Å²) in [4.78, 5) is 4.15. The Labute approximate surface area is 110 Å². The second-order valence-corrected chi connectivity index (χ2v) is 4.56. The zero-order valence-electron chi connectivity index (χ0n) is 10.8. The van der Waals surface area contributed by atoms with Crippen molar-refractivity contribution >= 4 is 23.1 Å². The quantitative estimate of drug-likeness (QED) is 0.482. The molecule has 0 spiro atoms. The van der Waals surface area contributed by atoms with E-state index in [1.165, 1.54) is 36.8 Å².